The van der Waals surface area contributed by atoms with Gasteiger partial charge in [-0.1, -0.05) is 24.3 Å². The zero-order chi connectivity index (χ0) is 7.90. The molecule has 1 unspecified atom stereocenters. The van der Waals surface area contributed by atoms with Gasteiger partial charge in [0.05, 0.1) is 0 Å². The highest BCUT2D eigenvalue weighted by Crippen LogP contribution is 2.41. The first-order valence-electron chi connectivity index (χ1n) is 3.70. The van der Waals surface area contributed by atoms with Crippen molar-refractivity contribution >= 4 is 15.9 Å². The SMILES string of the molecule is OC1(Br)CCc2ccccc21. The molecule has 1 aromatic carbocycles. The lowest BCUT2D eigenvalue weighted by molar-refractivity contribution is 0.148. The minimum atomic E-state index is -0.760. The second-order valence-corrected chi connectivity index (χ2v) is 4.23. The van der Waals surface area contributed by atoms with Crippen LogP contribution < -0.4 is 0 Å². The molecule has 1 atom stereocenters. The molecule has 1 aromatic rings. The molecule has 1 aliphatic carbocycles. The van der Waals surface area contributed by atoms with E-state index in [4.69, 9.17) is 0 Å². The summed E-state index contributed by atoms with van der Waals surface area (Å²) >= 11 is 3.30. The van der Waals surface area contributed by atoms with Gasteiger partial charge in [-0.05, 0) is 39.9 Å². The lowest BCUT2D eigenvalue weighted by Crippen LogP contribution is -2.11. The molecule has 0 aliphatic heterocycles. The maximum Gasteiger partial charge on any atom is 0.145 e. The number of benzene rings is 1. The summed E-state index contributed by atoms with van der Waals surface area (Å²) in [6, 6.07) is 8.00. The number of rotatable bonds is 0. The van der Waals surface area contributed by atoms with Crippen molar-refractivity contribution in [1.82, 2.24) is 0 Å². The van der Waals surface area contributed by atoms with Gasteiger partial charge < -0.3 is 5.11 Å². The van der Waals surface area contributed by atoms with Crippen molar-refractivity contribution in [3.63, 3.8) is 0 Å². The van der Waals surface area contributed by atoms with Gasteiger partial charge in [0.2, 0.25) is 0 Å². The van der Waals surface area contributed by atoms with Crippen molar-refractivity contribution in [2.75, 3.05) is 0 Å². The number of halogens is 1. The smallest absolute Gasteiger partial charge is 0.145 e. The molecule has 0 spiro atoms. The van der Waals surface area contributed by atoms with Gasteiger partial charge in [0.15, 0.2) is 0 Å². The molecule has 0 amide bonds. The van der Waals surface area contributed by atoms with Crippen molar-refractivity contribution in [2.45, 2.75) is 17.4 Å². The van der Waals surface area contributed by atoms with E-state index in [1.807, 2.05) is 18.2 Å². The van der Waals surface area contributed by atoms with Crippen LogP contribution in [0.15, 0.2) is 24.3 Å². The van der Waals surface area contributed by atoms with Gasteiger partial charge in [0.25, 0.3) is 0 Å². The summed E-state index contributed by atoms with van der Waals surface area (Å²) in [4.78, 5) is 0. The van der Waals surface area contributed by atoms with Crippen LogP contribution >= 0.6 is 15.9 Å². The average Bonchev–Trinajstić information content (AvgIpc) is 2.29. The van der Waals surface area contributed by atoms with E-state index >= 15 is 0 Å². The Balaban J connectivity index is 2.56. The number of alkyl halides is 1. The summed E-state index contributed by atoms with van der Waals surface area (Å²) in [5.74, 6) is 0. The van der Waals surface area contributed by atoms with Crippen LogP contribution in [0, 0.1) is 0 Å². The molecule has 0 bridgehead atoms. The summed E-state index contributed by atoms with van der Waals surface area (Å²) in [5, 5.41) is 9.76. The molecule has 1 nitrogen and oxygen atoms in total. The molecular formula is C9H9BrO. The second kappa shape index (κ2) is 2.32. The zero-order valence-corrected chi connectivity index (χ0v) is 7.63. The number of aryl methyl sites for hydroxylation is 1. The molecular weight excluding hydrogens is 204 g/mol. The molecule has 0 saturated heterocycles. The predicted octanol–water partition coefficient (Wildman–Crippen LogP) is 2.17. The van der Waals surface area contributed by atoms with Gasteiger partial charge in [-0.2, -0.15) is 0 Å². The van der Waals surface area contributed by atoms with Crippen LogP contribution in [0.1, 0.15) is 17.5 Å². The first-order valence-corrected chi connectivity index (χ1v) is 4.49. The van der Waals surface area contributed by atoms with Crippen LogP contribution in [0.25, 0.3) is 0 Å². The van der Waals surface area contributed by atoms with Crippen molar-refractivity contribution < 1.29 is 5.11 Å². The molecule has 0 saturated carbocycles. The van der Waals surface area contributed by atoms with Crippen LogP contribution in [-0.2, 0) is 10.9 Å². The fourth-order valence-electron chi connectivity index (χ4n) is 1.55. The van der Waals surface area contributed by atoms with Crippen LogP contribution in [0.4, 0.5) is 0 Å². The Morgan fingerprint density at radius 2 is 2.09 bits per heavy atom. The summed E-state index contributed by atoms with van der Waals surface area (Å²) in [6.45, 7) is 0. The quantitative estimate of drug-likeness (QED) is 0.655. The van der Waals surface area contributed by atoms with Crippen LogP contribution in [0.3, 0.4) is 0 Å². The van der Waals surface area contributed by atoms with Gasteiger partial charge in [0, 0.05) is 0 Å². The minimum absolute atomic E-state index is 0.760. The lowest BCUT2D eigenvalue weighted by atomic mass is 10.1. The number of hydrogen-bond acceptors (Lipinski definition) is 1. The molecule has 0 heterocycles. The second-order valence-electron chi connectivity index (χ2n) is 2.92. The molecule has 0 aromatic heterocycles. The van der Waals surface area contributed by atoms with Crippen LogP contribution in [-0.4, -0.2) is 5.11 Å². The molecule has 58 valence electrons. The standard InChI is InChI=1S/C9H9BrO/c10-9(11)6-5-7-3-1-2-4-8(7)9/h1-4,11H,5-6H2. The van der Waals surface area contributed by atoms with Crippen LogP contribution in [0.5, 0.6) is 0 Å². The van der Waals surface area contributed by atoms with E-state index in [2.05, 4.69) is 22.0 Å². The van der Waals surface area contributed by atoms with Gasteiger partial charge in [0.1, 0.15) is 4.51 Å². The maximum absolute atomic E-state index is 9.76. The number of aliphatic hydroxyl groups is 1. The third kappa shape index (κ3) is 1.10. The molecule has 1 N–H and O–H groups in total. The highest BCUT2D eigenvalue weighted by atomic mass is 79.9. The lowest BCUT2D eigenvalue weighted by Gasteiger charge is -2.14. The van der Waals surface area contributed by atoms with E-state index in [0.29, 0.717) is 0 Å². The zero-order valence-electron chi connectivity index (χ0n) is 6.05. The molecule has 0 fully saturated rings. The normalized spacial score (nSPS) is 28.5. The Hall–Kier alpha value is -0.340. The highest BCUT2D eigenvalue weighted by molar-refractivity contribution is 9.09. The fourth-order valence-corrected chi connectivity index (χ4v) is 2.13. The van der Waals surface area contributed by atoms with Gasteiger partial charge in [-0.25, -0.2) is 0 Å². The number of fused-ring (bicyclic) bond motifs is 1. The Kier molecular flexibility index (Phi) is 1.55. The van der Waals surface area contributed by atoms with E-state index < -0.39 is 4.51 Å². The predicted molar refractivity (Wildman–Crippen MR) is 47.6 cm³/mol. The Morgan fingerprint density at radius 1 is 1.36 bits per heavy atom. The van der Waals surface area contributed by atoms with Gasteiger partial charge in [-0.3, -0.25) is 0 Å². The van der Waals surface area contributed by atoms with Gasteiger partial charge in [-0.15, -0.1) is 0 Å². The van der Waals surface area contributed by atoms with Crippen molar-refractivity contribution in [2.24, 2.45) is 0 Å². The monoisotopic (exact) mass is 212 g/mol. The largest absolute Gasteiger partial charge is 0.375 e. The van der Waals surface area contributed by atoms with E-state index in [1.165, 1.54) is 5.56 Å². The maximum atomic E-state index is 9.76. The molecule has 2 heteroatoms. The van der Waals surface area contributed by atoms with Gasteiger partial charge >= 0.3 is 0 Å². The Morgan fingerprint density at radius 3 is 2.82 bits per heavy atom. The first-order chi connectivity index (χ1) is 5.20. The number of hydrogen-bond donors (Lipinski definition) is 1. The average molecular weight is 213 g/mol. The topological polar surface area (TPSA) is 20.2 Å². The molecule has 2 rings (SSSR count). The summed E-state index contributed by atoms with van der Waals surface area (Å²) in [7, 11) is 0. The summed E-state index contributed by atoms with van der Waals surface area (Å²) in [5.41, 5.74) is 2.28. The summed E-state index contributed by atoms with van der Waals surface area (Å²) < 4.78 is -0.760. The van der Waals surface area contributed by atoms with E-state index in [9.17, 15) is 5.11 Å². The van der Waals surface area contributed by atoms with Crippen LogP contribution in [0.2, 0.25) is 0 Å². The molecule has 1 aliphatic rings. The first kappa shape index (κ1) is 7.32. The fraction of sp³-hybridized carbons (Fsp3) is 0.333. The Labute approximate surface area is 74.2 Å². The Bertz CT molecular complexity index is 281. The van der Waals surface area contributed by atoms with E-state index in [1.54, 1.807) is 0 Å². The van der Waals surface area contributed by atoms with Crippen molar-refractivity contribution in [3.05, 3.63) is 35.4 Å². The van der Waals surface area contributed by atoms with Crippen molar-refractivity contribution in [1.29, 1.82) is 0 Å². The molecule has 0 radical (unpaired) electrons. The third-order valence-corrected chi connectivity index (χ3v) is 2.98. The van der Waals surface area contributed by atoms with E-state index in [-0.39, 0.29) is 0 Å². The molecule has 11 heavy (non-hydrogen) atoms. The third-order valence-electron chi connectivity index (χ3n) is 2.16. The minimum Gasteiger partial charge on any atom is -0.375 e. The highest BCUT2D eigenvalue weighted by Gasteiger charge is 2.32. The van der Waals surface area contributed by atoms with E-state index in [0.717, 1.165) is 18.4 Å². The van der Waals surface area contributed by atoms with Crippen molar-refractivity contribution in [3.8, 4) is 0 Å². The summed E-state index contributed by atoms with van der Waals surface area (Å²) in [6.07, 6.45) is 1.75.